The van der Waals surface area contributed by atoms with Gasteiger partial charge in [0.25, 0.3) is 0 Å². The van der Waals surface area contributed by atoms with Gasteiger partial charge in [-0.2, -0.15) is 0 Å². The molecule has 0 radical (unpaired) electrons. The first kappa shape index (κ1) is 15.5. The number of nitrogens with zero attached hydrogens (tertiary/aromatic N) is 1. The summed E-state index contributed by atoms with van der Waals surface area (Å²) in [6.45, 7) is 13.8. The van der Waals surface area contributed by atoms with Crippen LogP contribution in [-0.4, -0.2) is 31.1 Å². The first-order valence-corrected chi connectivity index (χ1v) is 7.91. The van der Waals surface area contributed by atoms with Crippen LogP contribution in [0.5, 0.6) is 0 Å². The molecule has 112 valence electrons. The van der Waals surface area contributed by atoms with Crippen LogP contribution in [-0.2, 0) is 0 Å². The lowest BCUT2D eigenvalue weighted by Gasteiger charge is -2.29. The zero-order valence-corrected chi connectivity index (χ0v) is 14.0. The van der Waals surface area contributed by atoms with Crippen LogP contribution in [0.2, 0.25) is 0 Å². The second-order valence-corrected chi connectivity index (χ2v) is 6.80. The lowest BCUT2D eigenvalue weighted by atomic mass is 9.93. The van der Waals surface area contributed by atoms with Crippen molar-refractivity contribution in [1.82, 2.24) is 10.2 Å². The van der Waals surface area contributed by atoms with Crippen molar-refractivity contribution in [3.05, 3.63) is 34.4 Å². The number of rotatable bonds is 4. The van der Waals surface area contributed by atoms with Gasteiger partial charge in [0.2, 0.25) is 0 Å². The van der Waals surface area contributed by atoms with Gasteiger partial charge in [-0.05, 0) is 63.8 Å². The predicted octanol–water partition coefficient (Wildman–Crippen LogP) is 3.60. The van der Waals surface area contributed by atoms with Crippen molar-refractivity contribution in [3.63, 3.8) is 0 Å². The molecule has 1 aliphatic heterocycles. The highest BCUT2D eigenvalue weighted by Gasteiger charge is 2.28. The fraction of sp³-hybridized carbons (Fsp3) is 0.667. The summed E-state index contributed by atoms with van der Waals surface area (Å²) in [6, 6.07) is 5.76. The minimum Gasteiger partial charge on any atom is -0.312 e. The van der Waals surface area contributed by atoms with E-state index >= 15 is 0 Å². The Morgan fingerprint density at radius 1 is 1.20 bits per heavy atom. The Bertz CT molecular complexity index is 443. The normalized spacial score (nSPS) is 25.1. The van der Waals surface area contributed by atoms with E-state index in [2.05, 4.69) is 64.0 Å². The SMILES string of the molecule is CNC(CN1CC(C)CC1C)c1c(C)cc(C)cc1C. The first-order chi connectivity index (χ1) is 9.42. The maximum absolute atomic E-state index is 3.54. The molecule has 20 heavy (non-hydrogen) atoms. The van der Waals surface area contributed by atoms with E-state index < -0.39 is 0 Å². The van der Waals surface area contributed by atoms with Crippen LogP contribution >= 0.6 is 0 Å². The minimum absolute atomic E-state index is 0.434. The maximum atomic E-state index is 3.54. The summed E-state index contributed by atoms with van der Waals surface area (Å²) in [7, 11) is 2.09. The second kappa shape index (κ2) is 6.28. The molecule has 0 amide bonds. The molecule has 1 saturated heterocycles. The molecule has 0 saturated carbocycles. The van der Waals surface area contributed by atoms with Gasteiger partial charge in [0.1, 0.15) is 0 Å². The van der Waals surface area contributed by atoms with Crippen molar-refractivity contribution < 1.29 is 0 Å². The smallest absolute Gasteiger partial charge is 0.0452 e. The van der Waals surface area contributed by atoms with Gasteiger partial charge in [0, 0.05) is 25.2 Å². The molecule has 1 aliphatic rings. The van der Waals surface area contributed by atoms with E-state index in [0.29, 0.717) is 12.1 Å². The molecule has 0 aliphatic carbocycles. The molecule has 1 aromatic carbocycles. The Morgan fingerprint density at radius 2 is 1.80 bits per heavy atom. The van der Waals surface area contributed by atoms with Crippen LogP contribution in [0.25, 0.3) is 0 Å². The monoisotopic (exact) mass is 274 g/mol. The molecule has 2 nitrogen and oxygen atoms in total. The third-order valence-corrected chi connectivity index (χ3v) is 4.77. The summed E-state index contributed by atoms with van der Waals surface area (Å²) in [5.41, 5.74) is 5.69. The molecule has 2 heteroatoms. The summed E-state index contributed by atoms with van der Waals surface area (Å²) >= 11 is 0. The van der Waals surface area contributed by atoms with Gasteiger partial charge in [0.05, 0.1) is 0 Å². The molecule has 3 unspecified atom stereocenters. The van der Waals surface area contributed by atoms with E-state index in [1.165, 1.54) is 35.2 Å². The quantitative estimate of drug-likeness (QED) is 0.902. The summed E-state index contributed by atoms with van der Waals surface area (Å²) < 4.78 is 0. The number of aryl methyl sites for hydroxylation is 3. The maximum Gasteiger partial charge on any atom is 0.0452 e. The second-order valence-electron chi connectivity index (χ2n) is 6.80. The number of benzene rings is 1. The highest BCUT2D eigenvalue weighted by atomic mass is 15.2. The van der Waals surface area contributed by atoms with E-state index in [1.807, 2.05) is 0 Å². The Hall–Kier alpha value is -0.860. The fourth-order valence-electron chi connectivity index (χ4n) is 3.94. The van der Waals surface area contributed by atoms with E-state index in [-0.39, 0.29) is 0 Å². The van der Waals surface area contributed by atoms with Gasteiger partial charge >= 0.3 is 0 Å². The molecule has 3 atom stereocenters. The van der Waals surface area contributed by atoms with E-state index in [0.717, 1.165) is 12.5 Å². The summed E-state index contributed by atoms with van der Waals surface area (Å²) in [5.74, 6) is 0.836. The Labute approximate surface area is 124 Å². The lowest BCUT2D eigenvalue weighted by molar-refractivity contribution is 0.237. The molecular formula is C18H30N2. The van der Waals surface area contributed by atoms with Crippen LogP contribution in [0.3, 0.4) is 0 Å². The average molecular weight is 274 g/mol. The zero-order chi connectivity index (χ0) is 14.9. The van der Waals surface area contributed by atoms with Gasteiger partial charge in [0.15, 0.2) is 0 Å². The van der Waals surface area contributed by atoms with Crippen molar-refractivity contribution >= 4 is 0 Å². The molecule has 1 fully saturated rings. The van der Waals surface area contributed by atoms with Crippen molar-refractivity contribution in [2.24, 2.45) is 5.92 Å². The summed E-state index contributed by atoms with van der Waals surface area (Å²) in [6.07, 6.45) is 1.34. The Kier molecular flexibility index (Phi) is 4.87. The summed E-state index contributed by atoms with van der Waals surface area (Å²) in [4.78, 5) is 2.64. The Morgan fingerprint density at radius 3 is 2.25 bits per heavy atom. The van der Waals surface area contributed by atoms with Crippen LogP contribution in [0.1, 0.15) is 48.6 Å². The van der Waals surface area contributed by atoms with Gasteiger partial charge in [-0.15, -0.1) is 0 Å². The molecule has 0 bridgehead atoms. The van der Waals surface area contributed by atoms with Crippen LogP contribution in [0, 0.1) is 26.7 Å². The topological polar surface area (TPSA) is 15.3 Å². The third-order valence-electron chi connectivity index (χ3n) is 4.77. The lowest BCUT2D eigenvalue weighted by Crippen LogP contribution is -2.36. The predicted molar refractivity (Wildman–Crippen MR) is 87.3 cm³/mol. The van der Waals surface area contributed by atoms with Crippen molar-refractivity contribution in [2.75, 3.05) is 20.1 Å². The average Bonchev–Trinajstić information content (AvgIpc) is 2.65. The molecule has 1 N–H and O–H groups in total. The number of likely N-dealkylation sites (tertiary alicyclic amines) is 1. The third kappa shape index (κ3) is 3.24. The molecule has 0 spiro atoms. The van der Waals surface area contributed by atoms with E-state index in [1.54, 1.807) is 0 Å². The van der Waals surface area contributed by atoms with Crippen molar-refractivity contribution in [2.45, 2.75) is 53.1 Å². The minimum atomic E-state index is 0.434. The van der Waals surface area contributed by atoms with E-state index in [9.17, 15) is 0 Å². The van der Waals surface area contributed by atoms with Gasteiger partial charge in [-0.3, -0.25) is 4.90 Å². The van der Waals surface area contributed by atoms with E-state index in [4.69, 9.17) is 0 Å². The van der Waals surface area contributed by atoms with Crippen LogP contribution < -0.4 is 5.32 Å². The van der Waals surface area contributed by atoms with Gasteiger partial charge in [-0.25, -0.2) is 0 Å². The number of hydrogen-bond acceptors (Lipinski definition) is 2. The molecular weight excluding hydrogens is 244 g/mol. The highest BCUT2D eigenvalue weighted by Crippen LogP contribution is 2.28. The van der Waals surface area contributed by atoms with Crippen LogP contribution in [0.4, 0.5) is 0 Å². The number of hydrogen-bond donors (Lipinski definition) is 1. The summed E-state index contributed by atoms with van der Waals surface area (Å²) in [5, 5.41) is 3.54. The van der Waals surface area contributed by atoms with Crippen molar-refractivity contribution in [1.29, 1.82) is 0 Å². The zero-order valence-electron chi connectivity index (χ0n) is 14.0. The molecule has 1 aromatic rings. The largest absolute Gasteiger partial charge is 0.312 e. The molecule has 2 rings (SSSR count). The Balaban J connectivity index is 2.21. The molecule has 1 heterocycles. The molecule has 0 aromatic heterocycles. The van der Waals surface area contributed by atoms with Gasteiger partial charge in [-0.1, -0.05) is 24.6 Å². The van der Waals surface area contributed by atoms with Crippen molar-refractivity contribution in [3.8, 4) is 0 Å². The highest BCUT2D eigenvalue weighted by molar-refractivity contribution is 5.39. The first-order valence-electron chi connectivity index (χ1n) is 7.91. The standard InChI is InChI=1S/C18H30N2/c1-12-7-14(3)18(15(4)8-12)17(19-6)11-20-10-13(2)9-16(20)5/h7-8,13,16-17,19H,9-11H2,1-6H3. The van der Waals surface area contributed by atoms with Gasteiger partial charge < -0.3 is 5.32 Å². The van der Waals surface area contributed by atoms with Crippen LogP contribution in [0.15, 0.2) is 12.1 Å². The fourth-order valence-corrected chi connectivity index (χ4v) is 3.94. The number of nitrogens with one attached hydrogen (secondary N) is 1. The number of likely N-dealkylation sites (N-methyl/N-ethyl adjacent to an activating group) is 1.